The molecule has 6 heteroatoms. The lowest BCUT2D eigenvalue weighted by Gasteiger charge is -2.13. The van der Waals surface area contributed by atoms with Crippen LogP contribution in [0.1, 0.15) is 25.8 Å². The highest BCUT2D eigenvalue weighted by Crippen LogP contribution is 2.24. The van der Waals surface area contributed by atoms with Crippen LogP contribution in [-0.2, 0) is 20.9 Å². The van der Waals surface area contributed by atoms with Crippen molar-refractivity contribution in [3.63, 3.8) is 0 Å². The van der Waals surface area contributed by atoms with E-state index in [1.165, 1.54) is 12.1 Å². The predicted octanol–water partition coefficient (Wildman–Crippen LogP) is 3.90. The van der Waals surface area contributed by atoms with Crippen molar-refractivity contribution >= 4 is 11.9 Å². The molecule has 0 radical (unpaired) electrons. The molecule has 0 aromatic heterocycles. The standard InChI is InChI=1S/C20H21FO5/c1-3-18(19(22)24-4-2)20(23)26-17-11-15(21)10-16(12-17)25-13-14-8-6-5-7-9-14/h5-12,18H,3-4,13H2,1-2H3. The molecule has 0 amide bonds. The Labute approximate surface area is 151 Å². The van der Waals surface area contributed by atoms with Crippen molar-refractivity contribution in [3.8, 4) is 11.5 Å². The molecule has 138 valence electrons. The second-order valence-corrected chi connectivity index (χ2v) is 5.53. The van der Waals surface area contributed by atoms with Crippen LogP contribution in [0.5, 0.6) is 11.5 Å². The highest BCUT2D eigenvalue weighted by Gasteiger charge is 2.28. The van der Waals surface area contributed by atoms with Gasteiger partial charge in [-0.3, -0.25) is 9.59 Å². The number of ether oxygens (including phenoxy) is 3. The van der Waals surface area contributed by atoms with Crippen LogP contribution in [0.3, 0.4) is 0 Å². The maximum absolute atomic E-state index is 13.8. The van der Waals surface area contributed by atoms with E-state index in [2.05, 4.69) is 0 Å². The third kappa shape index (κ3) is 5.58. The van der Waals surface area contributed by atoms with Crippen LogP contribution in [0.25, 0.3) is 0 Å². The average Bonchev–Trinajstić information content (AvgIpc) is 2.61. The largest absolute Gasteiger partial charge is 0.489 e. The van der Waals surface area contributed by atoms with Crippen LogP contribution in [0.4, 0.5) is 4.39 Å². The Balaban J connectivity index is 2.06. The summed E-state index contributed by atoms with van der Waals surface area (Å²) in [4.78, 5) is 24.0. The van der Waals surface area contributed by atoms with Crippen molar-refractivity contribution in [2.75, 3.05) is 6.61 Å². The number of rotatable bonds is 8. The van der Waals surface area contributed by atoms with E-state index in [1.807, 2.05) is 30.3 Å². The SMILES string of the molecule is CCOC(=O)C(CC)C(=O)Oc1cc(F)cc(OCc2ccccc2)c1. The van der Waals surface area contributed by atoms with Crippen LogP contribution in [-0.4, -0.2) is 18.5 Å². The molecule has 0 fully saturated rings. The van der Waals surface area contributed by atoms with Gasteiger partial charge in [-0.15, -0.1) is 0 Å². The van der Waals surface area contributed by atoms with Gasteiger partial charge in [-0.1, -0.05) is 37.3 Å². The van der Waals surface area contributed by atoms with Crippen LogP contribution >= 0.6 is 0 Å². The number of hydrogen-bond donors (Lipinski definition) is 0. The fourth-order valence-corrected chi connectivity index (χ4v) is 2.28. The second-order valence-electron chi connectivity index (χ2n) is 5.53. The summed E-state index contributed by atoms with van der Waals surface area (Å²) in [6.45, 7) is 3.74. The fourth-order valence-electron chi connectivity index (χ4n) is 2.28. The summed E-state index contributed by atoms with van der Waals surface area (Å²) in [5.41, 5.74) is 0.920. The number of benzene rings is 2. The van der Waals surface area contributed by atoms with Crippen LogP contribution in [0, 0.1) is 11.7 Å². The summed E-state index contributed by atoms with van der Waals surface area (Å²) >= 11 is 0. The van der Waals surface area contributed by atoms with Gasteiger partial charge in [-0.05, 0) is 18.9 Å². The second kappa shape index (κ2) is 9.56. The first-order chi connectivity index (χ1) is 12.5. The molecule has 5 nitrogen and oxygen atoms in total. The highest BCUT2D eigenvalue weighted by molar-refractivity contribution is 5.95. The molecular formula is C20H21FO5. The van der Waals surface area contributed by atoms with Gasteiger partial charge < -0.3 is 14.2 Å². The lowest BCUT2D eigenvalue weighted by molar-refractivity contribution is -0.157. The lowest BCUT2D eigenvalue weighted by Crippen LogP contribution is -2.29. The van der Waals surface area contributed by atoms with Gasteiger partial charge >= 0.3 is 11.9 Å². The van der Waals surface area contributed by atoms with Crippen LogP contribution in [0.2, 0.25) is 0 Å². The summed E-state index contributed by atoms with van der Waals surface area (Å²) in [6.07, 6.45) is 0.227. The Bertz CT molecular complexity index is 745. The van der Waals surface area contributed by atoms with Crippen molar-refractivity contribution in [3.05, 3.63) is 59.9 Å². The monoisotopic (exact) mass is 360 g/mol. The van der Waals surface area contributed by atoms with Crippen LogP contribution < -0.4 is 9.47 Å². The molecule has 0 aliphatic heterocycles. The van der Waals surface area contributed by atoms with E-state index in [0.717, 1.165) is 11.6 Å². The molecule has 2 aromatic carbocycles. The third-order valence-corrected chi connectivity index (χ3v) is 3.58. The van der Waals surface area contributed by atoms with Crippen molar-refractivity contribution < 1.29 is 28.2 Å². The maximum atomic E-state index is 13.8. The lowest BCUT2D eigenvalue weighted by atomic mass is 10.1. The molecule has 0 spiro atoms. The molecule has 0 bridgehead atoms. The summed E-state index contributed by atoms with van der Waals surface area (Å²) in [5, 5.41) is 0. The molecule has 2 rings (SSSR count). The minimum atomic E-state index is -1.05. The summed E-state index contributed by atoms with van der Waals surface area (Å²) in [7, 11) is 0. The number of esters is 2. The Kier molecular flexibility index (Phi) is 7.14. The van der Waals surface area contributed by atoms with Crippen molar-refractivity contribution in [1.82, 2.24) is 0 Å². The third-order valence-electron chi connectivity index (χ3n) is 3.58. The quantitative estimate of drug-likeness (QED) is 0.406. The van der Waals surface area contributed by atoms with Gasteiger partial charge in [0, 0.05) is 18.2 Å². The normalized spacial score (nSPS) is 11.5. The van der Waals surface area contributed by atoms with E-state index in [1.54, 1.807) is 13.8 Å². The zero-order valence-corrected chi connectivity index (χ0v) is 14.7. The number of carbonyl (C=O) groups is 2. The molecular weight excluding hydrogens is 339 g/mol. The molecule has 0 N–H and O–H groups in total. The van der Waals surface area contributed by atoms with Gasteiger partial charge in [0.2, 0.25) is 0 Å². The van der Waals surface area contributed by atoms with E-state index in [9.17, 15) is 14.0 Å². The first-order valence-electron chi connectivity index (χ1n) is 8.39. The molecule has 1 atom stereocenters. The zero-order valence-electron chi connectivity index (χ0n) is 14.7. The van der Waals surface area contributed by atoms with Crippen LogP contribution in [0.15, 0.2) is 48.5 Å². The van der Waals surface area contributed by atoms with E-state index in [-0.39, 0.29) is 31.1 Å². The van der Waals surface area contributed by atoms with E-state index < -0.39 is 23.7 Å². The van der Waals surface area contributed by atoms with E-state index in [0.29, 0.717) is 0 Å². The summed E-state index contributed by atoms with van der Waals surface area (Å²) < 4.78 is 29.3. The summed E-state index contributed by atoms with van der Waals surface area (Å²) in [5.74, 6) is -2.90. The minimum Gasteiger partial charge on any atom is -0.489 e. The first kappa shape index (κ1) is 19.4. The molecule has 0 aliphatic carbocycles. The molecule has 1 unspecified atom stereocenters. The fraction of sp³-hybridized carbons (Fsp3) is 0.300. The van der Waals surface area contributed by atoms with Crippen molar-refractivity contribution in [2.45, 2.75) is 26.9 Å². The molecule has 0 heterocycles. The van der Waals surface area contributed by atoms with Gasteiger partial charge in [-0.2, -0.15) is 0 Å². The zero-order chi connectivity index (χ0) is 18.9. The number of hydrogen-bond acceptors (Lipinski definition) is 5. The van der Waals surface area contributed by atoms with Gasteiger partial charge in [0.15, 0.2) is 5.92 Å². The van der Waals surface area contributed by atoms with E-state index in [4.69, 9.17) is 14.2 Å². The van der Waals surface area contributed by atoms with E-state index >= 15 is 0 Å². The smallest absolute Gasteiger partial charge is 0.325 e. The predicted molar refractivity (Wildman–Crippen MR) is 93.2 cm³/mol. The Morgan fingerprint density at radius 1 is 1.00 bits per heavy atom. The van der Waals surface area contributed by atoms with Gasteiger partial charge in [-0.25, -0.2) is 4.39 Å². The van der Waals surface area contributed by atoms with Crippen molar-refractivity contribution in [1.29, 1.82) is 0 Å². The number of carbonyl (C=O) groups excluding carboxylic acids is 2. The first-order valence-corrected chi connectivity index (χ1v) is 8.39. The number of halogens is 1. The minimum absolute atomic E-state index is 0.0270. The Morgan fingerprint density at radius 2 is 1.69 bits per heavy atom. The van der Waals surface area contributed by atoms with Gasteiger partial charge in [0.05, 0.1) is 6.61 Å². The summed E-state index contributed by atoms with van der Waals surface area (Å²) in [6, 6.07) is 13.1. The van der Waals surface area contributed by atoms with Gasteiger partial charge in [0.25, 0.3) is 0 Å². The molecule has 0 aliphatic rings. The maximum Gasteiger partial charge on any atom is 0.325 e. The Morgan fingerprint density at radius 3 is 2.35 bits per heavy atom. The Hall–Kier alpha value is -2.89. The topological polar surface area (TPSA) is 61.8 Å². The van der Waals surface area contributed by atoms with Crippen molar-refractivity contribution in [2.24, 2.45) is 5.92 Å². The average molecular weight is 360 g/mol. The van der Waals surface area contributed by atoms with Gasteiger partial charge in [0.1, 0.15) is 23.9 Å². The molecule has 0 saturated carbocycles. The molecule has 2 aromatic rings. The highest BCUT2D eigenvalue weighted by atomic mass is 19.1. The molecule has 26 heavy (non-hydrogen) atoms. The molecule has 0 saturated heterocycles.